The lowest BCUT2D eigenvalue weighted by Gasteiger charge is -2.38. The average Bonchev–Trinajstić information content (AvgIpc) is 2.68. The van der Waals surface area contributed by atoms with Crippen molar-refractivity contribution in [2.45, 2.75) is 39.0 Å². The normalized spacial score (nSPS) is 21.7. The Labute approximate surface area is 157 Å². The molecular formula is C19H29N3O3S. The van der Waals surface area contributed by atoms with Crippen molar-refractivity contribution in [3.63, 3.8) is 0 Å². The van der Waals surface area contributed by atoms with E-state index in [1.54, 1.807) is 0 Å². The van der Waals surface area contributed by atoms with Crippen molar-refractivity contribution in [1.29, 1.82) is 0 Å². The van der Waals surface area contributed by atoms with E-state index in [4.69, 9.17) is 0 Å². The Morgan fingerprint density at radius 2 is 1.77 bits per heavy atom. The monoisotopic (exact) mass is 379 g/mol. The minimum atomic E-state index is -3.42. The van der Waals surface area contributed by atoms with Crippen LogP contribution in [0.4, 0.5) is 0 Å². The van der Waals surface area contributed by atoms with Crippen LogP contribution in [-0.2, 0) is 21.4 Å². The molecule has 2 aliphatic rings. The summed E-state index contributed by atoms with van der Waals surface area (Å²) in [5.41, 5.74) is 2.43. The lowest BCUT2D eigenvalue weighted by Crippen LogP contribution is -2.54. The van der Waals surface area contributed by atoms with E-state index >= 15 is 0 Å². The molecule has 1 aliphatic carbocycles. The number of nitrogens with zero attached hydrogens (tertiary/aromatic N) is 3. The smallest absolute Gasteiger partial charge is 0.282 e. The molecule has 1 aromatic rings. The number of benzene rings is 1. The summed E-state index contributed by atoms with van der Waals surface area (Å²) in [6.07, 6.45) is 2.95. The minimum absolute atomic E-state index is 0.0779. The molecule has 1 unspecified atom stereocenters. The lowest BCUT2D eigenvalue weighted by molar-refractivity contribution is -0.134. The Hall–Kier alpha value is -1.44. The van der Waals surface area contributed by atoms with Gasteiger partial charge in [0.25, 0.3) is 10.2 Å². The zero-order valence-electron chi connectivity index (χ0n) is 15.7. The minimum Gasteiger partial charge on any atom is -0.340 e. The predicted molar refractivity (Wildman–Crippen MR) is 102 cm³/mol. The van der Waals surface area contributed by atoms with E-state index in [-0.39, 0.29) is 11.8 Å². The van der Waals surface area contributed by atoms with E-state index in [0.717, 1.165) is 24.8 Å². The molecule has 0 saturated carbocycles. The van der Waals surface area contributed by atoms with Crippen LogP contribution in [0, 0.1) is 0 Å². The van der Waals surface area contributed by atoms with Gasteiger partial charge in [0.15, 0.2) is 0 Å². The maximum absolute atomic E-state index is 13.1. The van der Waals surface area contributed by atoms with Crippen LogP contribution < -0.4 is 0 Å². The van der Waals surface area contributed by atoms with Crippen LogP contribution >= 0.6 is 0 Å². The van der Waals surface area contributed by atoms with Gasteiger partial charge in [-0.2, -0.15) is 17.0 Å². The highest BCUT2D eigenvalue weighted by Gasteiger charge is 2.35. The molecule has 144 valence electrons. The maximum atomic E-state index is 13.1. The number of carbonyl (C=O) groups is 1. The topological polar surface area (TPSA) is 60.9 Å². The summed E-state index contributed by atoms with van der Waals surface area (Å²) in [6.45, 7) is 6.32. The van der Waals surface area contributed by atoms with E-state index in [1.807, 2.05) is 30.9 Å². The first-order valence-electron chi connectivity index (χ1n) is 9.60. The Kier molecular flexibility index (Phi) is 5.99. The Morgan fingerprint density at radius 3 is 2.42 bits per heavy atom. The molecule has 7 heteroatoms. The van der Waals surface area contributed by atoms with Gasteiger partial charge in [0.1, 0.15) is 0 Å². The number of rotatable bonds is 5. The fourth-order valence-electron chi connectivity index (χ4n) is 4.08. The van der Waals surface area contributed by atoms with Gasteiger partial charge in [-0.1, -0.05) is 38.1 Å². The van der Waals surface area contributed by atoms with Gasteiger partial charge < -0.3 is 4.90 Å². The van der Waals surface area contributed by atoms with Crippen molar-refractivity contribution >= 4 is 16.1 Å². The third-order valence-electron chi connectivity index (χ3n) is 5.58. The number of fused-ring (bicyclic) bond motifs is 1. The first kappa shape index (κ1) is 19.3. The van der Waals surface area contributed by atoms with Crippen molar-refractivity contribution in [2.24, 2.45) is 0 Å². The summed E-state index contributed by atoms with van der Waals surface area (Å²) < 4.78 is 28.3. The van der Waals surface area contributed by atoms with Crippen LogP contribution in [0.1, 0.15) is 43.7 Å². The lowest BCUT2D eigenvalue weighted by atomic mass is 9.82. The predicted octanol–water partition coefficient (Wildman–Crippen LogP) is 1.84. The molecule has 1 fully saturated rings. The number of carbonyl (C=O) groups excluding carboxylic acids is 1. The largest absolute Gasteiger partial charge is 0.340 e. The third-order valence-corrected chi connectivity index (χ3v) is 7.76. The van der Waals surface area contributed by atoms with Crippen LogP contribution in [0.25, 0.3) is 0 Å². The molecule has 26 heavy (non-hydrogen) atoms. The summed E-state index contributed by atoms with van der Waals surface area (Å²) in [6, 6.07) is 8.21. The zero-order valence-corrected chi connectivity index (χ0v) is 16.5. The van der Waals surface area contributed by atoms with Gasteiger partial charge in [-0.05, 0) is 30.4 Å². The molecule has 1 heterocycles. The highest BCUT2D eigenvalue weighted by atomic mass is 32.2. The molecule has 1 atom stereocenters. The van der Waals surface area contributed by atoms with E-state index in [1.165, 1.54) is 14.2 Å². The van der Waals surface area contributed by atoms with Crippen molar-refractivity contribution in [3.8, 4) is 0 Å². The summed E-state index contributed by atoms with van der Waals surface area (Å²) in [5, 5.41) is 0. The number of hydrogen-bond donors (Lipinski definition) is 0. The first-order chi connectivity index (χ1) is 12.5. The van der Waals surface area contributed by atoms with Gasteiger partial charge in [-0.15, -0.1) is 0 Å². The van der Waals surface area contributed by atoms with Gasteiger partial charge >= 0.3 is 0 Å². The van der Waals surface area contributed by atoms with E-state index in [0.29, 0.717) is 39.3 Å². The van der Waals surface area contributed by atoms with Gasteiger partial charge in [0.05, 0.1) is 5.92 Å². The van der Waals surface area contributed by atoms with Crippen LogP contribution in [0.3, 0.4) is 0 Å². The molecule has 1 saturated heterocycles. The second-order valence-electron chi connectivity index (χ2n) is 6.96. The Morgan fingerprint density at radius 1 is 1.12 bits per heavy atom. The molecular weight excluding hydrogens is 350 g/mol. The Balaban J connectivity index is 1.67. The molecule has 0 bridgehead atoms. The van der Waals surface area contributed by atoms with Crippen molar-refractivity contribution < 1.29 is 13.2 Å². The highest BCUT2D eigenvalue weighted by Crippen LogP contribution is 2.33. The van der Waals surface area contributed by atoms with Gasteiger partial charge in [-0.25, -0.2) is 0 Å². The van der Waals surface area contributed by atoms with E-state index in [9.17, 15) is 13.2 Å². The third kappa shape index (κ3) is 3.66. The number of piperazine rings is 1. The van der Waals surface area contributed by atoms with Crippen LogP contribution in [-0.4, -0.2) is 67.1 Å². The fraction of sp³-hybridized carbons (Fsp3) is 0.632. The standard InChI is InChI=1S/C19H29N3O3S/c1-3-21(4-2)26(24,25)22-14-12-20(13-15-22)19(23)18-11-7-9-16-8-5-6-10-17(16)18/h5-6,8,10,18H,3-4,7,9,11-15H2,1-2H3. The summed E-state index contributed by atoms with van der Waals surface area (Å²) in [5.74, 6) is 0.0722. The number of hydrogen-bond acceptors (Lipinski definition) is 3. The van der Waals surface area contributed by atoms with Crippen molar-refractivity contribution in [2.75, 3.05) is 39.3 Å². The van der Waals surface area contributed by atoms with Crippen LogP contribution in [0.15, 0.2) is 24.3 Å². The number of amides is 1. The molecule has 1 aromatic carbocycles. The first-order valence-corrected chi connectivity index (χ1v) is 11.0. The van der Waals surface area contributed by atoms with Gasteiger partial charge in [-0.3, -0.25) is 4.79 Å². The van der Waals surface area contributed by atoms with Crippen molar-refractivity contribution in [1.82, 2.24) is 13.5 Å². The van der Waals surface area contributed by atoms with Crippen LogP contribution in [0.2, 0.25) is 0 Å². The average molecular weight is 380 g/mol. The van der Waals surface area contributed by atoms with E-state index < -0.39 is 10.2 Å². The molecule has 6 nitrogen and oxygen atoms in total. The maximum Gasteiger partial charge on any atom is 0.282 e. The van der Waals surface area contributed by atoms with E-state index in [2.05, 4.69) is 12.1 Å². The van der Waals surface area contributed by atoms with Crippen LogP contribution in [0.5, 0.6) is 0 Å². The summed E-state index contributed by atoms with van der Waals surface area (Å²) >= 11 is 0. The highest BCUT2D eigenvalue weighted by molar-refractivity contribution is 7.86. The molecule has 0 N–H and O–H groups in total. The quantitative estimate of drug-likeness (QED) is 0.784. The second kappa shape index (κ2) is 8.06. The van der Waals surface area contributed by atoms with Crippen molar-refractivity contribution in [3.05, 3.63) is 35.4 Å². The second-order valence-corrected chi connectivity index (χ2v) is 8.89. The molecule has 0 aromatic heterocycles. The molecule has 0 spiro atoms. The SMILES string of the molecule is CCN(CC)S(=O)(=O)N1CCN(C(=O)C2CCCc3ccccc32)CC1. The number of aryl methyl sites for hydroxylation is 1. The van der Waals surface area contributed by atoms with Gasteiger partial charge in [0, 0.05) is 39.3 Å². The molecule has 3 rings (SSSR count). The molecule has 0 radical (unpaired) electrons. The van der Waals surface area contributed by atoms with Gasteiger partial charge in [0.2, 0.25) is 5.91 Å². The summed E-state index contributed by atoms with van der Waals surface area (Å²) in [4.78, 5) is 14.9. The fourth-order valence-corrected chi connectivity index (χ4v) is 5.69. The Bertz CT molecular complexity index is 738. The molecule has 1 amide bonds. The summed E-state index contributed by atoms with van der Waals surface area (Å²) in [7, 11) is -3.42. The molecule has 1 aliphatic heterocycles. The zero-order chi connectivity index (χ0) is 18.7.